The zero-order chi connectivity index (χ0) is 23.8. The number of hydrogen-bond donors (Lipinski definition) is 2. The molecule has 3 aromatic rings. The van der Waals surface area contributed by atoms with Gasteiger partial charge in [-0.2, -0.15) is 0 Å². The second-order valence-electron chi connectivity index (χ2n) is 6.95. The maximum absolute atomic E-state index is 14.8. The third-order valence-electron chi connectivity index (χ3n) is 4.68. The first-order valence-electron chi connectivity index (χ1n) is 9.90. The van der Waals surface area contributed by atoms with Gasteiger partial charge in [-0.3, -0.25) is 0 Å². The quantitative estimate of drug-likeness (QED) is 0.277. The van der Waals surface area contributed by atoms with Crippen LogP contribution in [0.25, 0.3) is 0 Å². The first-order chi connectivity index (χ1) is 15.9. The van der Waals surface area contributed by atoms with E-state index in [1.165, 1.54) is 0 Å². The molecule has 0 radical (unpaired) electrons. The Bertz CT molecular complexity index is 1110. The third kappa shape index (κ3) is 6.45. The SMILES string of the molecule is COC(=O)[C@@H](NC(=O)OCc1ccccc1)C(Sc1ccccc1N)c1cc(F)ccc1F. The number of benzene rings is 3. The highest BCUT2D eigenvalue weighted by Gasteiger charge is 2.35. The number of nitrogens with two attached hydrogens (primary N) is 1. The summed E-state index contributed by atoms with van der Waals surface area (Å²) in [6.07, 6.45) is -0.919. The van der Waals surface area contributed by atoms with Crippen molar-refractivity contribution in [1.29, 1.82) is 0 Å². The number of amides is 1. The number of ether oxygens (including phenoxy) is 2. The number of carbonyl (C=O) groups is 2. The highest BCUT2D eigenvalue weighted by molar-refractivity contribution is 7.99. The molecule has 2 atom stereocenters. The molecule has 0 saturated heterocycles. The minimum absolute atomic E-state index is 0.0433. The average Bonchev–Trinajstić information content (AvgIpc) is 2.83. The monoisotopic (exact) mass is 472 g/mol. The molecule has 0 fully saturated rings. The lowest BCUT2D eigenvalue weighted by atomic mass is 10.0. The van der Waals surface area contributed by atoms with Crippen molar-refractivity contribution in [3.63, 3.8) is 0 Å². The van der Waals surface area contributed by atoms with Gasteiger partial charge in [-0.1, -0.05) is 42.5 Å². The van der Waals surface area contributed by atoms with Gasteiger partial charge in [0.1, 0.15) is 24.3 Å². The fourth-order valence-electron chi connectivity index (χ4n) is 3.05. The zero-order valence-corrected chi connectivity index (χ0v) is 18.5. The number of carbonyl (C=O) groups excluding carboxylic acids is 2. The molecule has 0 spiro atoms. The largest absolute Gasteiger partial charge is 0.467 e. The summed E-state index contributed by atoms with van der Waals surface area (Å²) in [6, 6.07) is 17.2. The van der Waals surface area contributed by atoms with Crippen LogP contribution in [-0.2, 0) is 20.9 Å². The Hall–Kier alpha value is -3.59. The lowest BCUT2D eigenvalue weighted by Gasteiger charge is -2.26. The molecule has 3 rings (SSSR count). The maximum atomic E-state index is 14.8. The Morgan fingerprint density at radius 3 is 2.42 bits per heavy atom. The molecule has 0 aliphatic rings. The van der Waals surface area contributed by atoms with Crippen LogP contribution < -0.4 is 11.1 Å². The Kier molecular flexibility index (Phi) is 8.26. The Morgan fingerprint density at radius 2 is 1.73 bits per heavy atom. The molecule has 3 N–H and O–H groups in total. The molecule has 0 bridgehead atoms. The van der Waals surface area contributed by atoms with Crippen LogP contribution in [0.5, 0.6) is 0 Å². The first-order valence-corrected chi connectivity index (χ1v) is 10.8. The van der Waals surface area contributed by atoms with E-state index >= 15 is 0 Å². The zero-order valence-electron chi connectivity index (χ0n) is 17.7. The molecule has 1 amide bonds. The van der Waals surface area contributed by atoms with Gasteiger partial charge in [-0.15, -0.1) is 11.8 Å². The highest BCUT2D eigenvalue weighted by Crippen LogP contribution is 2.41. The van der Waals surface area contributed by atoms with Crippen LogP contribution in [-0.4, -0.2) is 25.2 Å². The van der Waals surface area contributed by atoms with Gasteiger partial charge in [0.05, 0.1) is 12.4 Å². The number of methoxy groups -OCH3 is 1. The fourth-order valence-corrected chi connectivity index (χ4v) is 4.30. The van der Waals surface area contributed by atoms with Gasteiger partial charge in [0.2, 0.25) is 0 Å². The lowest BCUT2D eigenvalue weighted by molar-refractivity contribution is -0.143. The average molecular weight is 473 g/mol. The van der Waals surface area contributed by atoms with E-state index in [4.69, 9.17) is 15.2 Å². The van der Waals surface area contributed by atoms with Gasteiger partial charge in [0.15, 0.2) is 0 Å². The van der Waals surface area contributed by atoms with Crippen molar-refractivity contribution in [2.75, 3.05) is 12.8 Å². The second-order valence-corrected chi connectivity index (χ2v) is 8.13. The molecule has 0 saturated carbocycles. The van der Waals surface area contributed by atoms with Crippen molar-refractivity contribution in [2.45, 2.75) is 22.8 Å². The van der Waals surface area contributed by atoms with E-state index in [1.54, 1.807) is 48.5 Å². The minimum atomic E-state index is -1.40. The van der Waals surface area contributed by atoms with Crippen LogP contribution in [0, 0.1) is 11.6 Å². The summed E-state index contributed by atoms with van der Waals surface area (Å²) in [5.41, 5.74) is 7.00. The van der Waals surface area contributed by atoms with Crippen LogP contribution in [0.4, 0.5) is 19.3 Å². The maximum Gasteiger partial charge on any atom is 0.408 e. The standard InChI is InChI=1S/C24H22F2N2O4S/c1-31-23(29)21(28-24(30)32-14-15-7-3-2-4-8-15)22(17-13-16(25)11-12-18(17)26)33-20-10-6-5-9-19(20)27/h2-13,21-22H,14,27H2,1H3,(H,28,30)/t21-,22?/m0/s1. The molecule has 172 valence electrons. The van der Waals surface area contributed by atoms with Crippen LogP contribution in [0.3, 0.4) is 0 Å². The van der Waals surface area contributed by atoms with Crippen molar-refractivity contribution in [2.24, 2.45) is 0 Å². The van der Waals surface area contributed by atoms with E-state index < -0.39 is 35.0 Å². The molecule has 6 nitrogen and oxygen atoms in total. The summed E-state index contributed by atoms with van der Waals surface area (Å²) in [4.78, 5) is 25.7. The molecular weight excluding hydrogens is 450 g/mol. The van der Waals surface area contributed by atoms with Crippen molar-refractivity contribution in [3.8, 4) is 0 Å². The summed E-state index contributed by atoms with van der Waals surface area (Å²) in [6.45, 7) is -0.0433. The number of anilines is 1. The van der Waals surface area contributed by atoms with E-state index in [1.807, 2.05) is 6.07 Å². The smallest absolute Gasteiger partial charge is 0.408 e. The number of nitrogen functional groups attached to an aromatic ring is 1. The Balaban J connectivity index is 1.92. The van der Waals surface area contributed by atoms with E-state index in [2.05, 4.69) is 5.32 Å². The highest BCUT2D eigenvalue weighted by atomic mass is 32.2. The fraction of sp³-hybridized carbons (Fsp3) is 0.167. The number of alkyl carbamates (subject to hydrolysis) is 1. The summed E-state index contributed by atoms with van der Waals surface area (Å²) in [7, 11) is 1.13. The topological polar surface area (TPSA) is 90.6 Å². The lowest BCUT2D eigenvalue weighted by Crippen LogP contribution is -2.45. The number of esters is 1. The molecule has 9 heteroatoms. The number of thioether (sulfide) groups is 1. The van der Waals surface area contributed by atoms with Crippen molar-refractivity contribution in [1.82, 2.24) is 5.32 Å². The summed E-state index contributed by atoms with van der Waals surface area (Å²) in [5.74, 6) is -2.31. The molecule has 0 aliphatic carbocycles. The minimum Gasteiger partial charge on any atom is -0.467 e. The van der Waals surface area contributed by atoms with Crippen molar-refractivity contribution in [3.05, 3.63) is 95.6 Å². The van der Waals surface area contributed by atoms with E-state index in [9.17, 15) is 18.4 Å². The van der Waals surface area contributed by atoms with Gasteiger partial charge in [0.25, 0.3) is 0 Å². The van der Waals surface area contributed by atoms with Crippen LogP contribution in [0.2, 0.25) is 0 Å². The summed E-state index contributed by atoms with van der Waals surface area (Å²) in [5, 5.41) is 1.33. The van der Waals surface area contributed by atoms with Crippen LogP contribution in [0.15, 0.2) is 77.7 Å². The first kappa shape index (κ1) is 24.1. The molecule has 0 heterocycles. The van der Waals surface area contributed by atoms with Crippen molar-refractivity contribution >= 4 is 29.5 Å². The van der Waals surface area contributed by atoms with E-state index in [0.29, 0.717) is 10.6 Å². The molecular formula is C24H22F2N2O4S. The number of hydrogen-bond acceptors (Lipinski definition) is 6. The number of rotatable bonds is 8. The summed E-state index contributed by atoms with van der Waals surface area (Å²) < 4.78 is 38.8. The van der Waals surface area contributed by atoms with Gasteiger partial charge in [-0.25, -0.2) is 18.4 Å². The number of halogens is 2. The van der Waals surface area contributed by atoms with Crippen LogP contribution >= 0.6 is 11.8 Å². The van der Waals surface area contributed by atoms with Gasteiger partial charge in [-0.05, 0) is 35.9 Å². The Labute approximate surface area is 194 Å². The van der Waals surface area contributed by atoms with Gasteiger partial charge < -0.3 is 20.5 Å². The second kappa shape index (κ2) is 11.3. The number of para-hydroxylation sites is 1. The molecule has 1 unspecified atom stereocenters. The van der Waals surface area contributed by atoms with Crippen molar-refractivity contribution < 1.29 is 27.8 Å². The predicted molar refractivity (Wildman–Crippen MR) is 121 cm³/mol. The van der Waals surface area contributed by atoms with Crippen LogP contribution in [0.1, 0.15) is 16.4 Å². The predicted octanol–water partition coefficient (Wildman–Crippen LogP) is 4.85. The van der Waals surface area contributed by atoms with E-state index in [-0.39, 0.29) is 12.2 Å². The van der Waals surface area contributed by atoms with Gasteiger partial charge >= 0.3 is 12.1 Å². The molecule has 33 heavy (non-hydrogen) atoms. The normalized spacial score (nSPS) is 12.5. The third-order valence-corrected chi connectivity index (χ3v) is 6.09. The van der Waals surface area contributed by atoms with E-state index in [0.717, 1.165) is 42.6 Å². The number of nitrogens with one attached hydrogen (secondary N) is 1. The molecule has 3 aromatic carbocycles. The molecule has 0 aromatic heterocycles. The summed E-state index contributed by atoms with van der Waals surface area (Å²) >= 11 is 0.997. The molecule has 0 aliphatic heterocycles. The van der Waals surface area contributed by atoms with Gasteiger partial charge in [0, 0.05) is 16.1 Å². The Morgan fingerprint density at radius 1 is 1.03 bits per heavy atom.